The summed E-state index contributed by atoms with van der Waals surface area (Å²) in [5, 5.41) is 0. The number of aryl methyl sites for hydroxylation is 1. The van der Waals surface area contributed by atoms with Crippen LogP contribution in [0.25, 0.3) is 0 Å². The second kappa shape index (κ2) is 4.88. The first-order valence-corrected chi connectivity index (χ1v) is 4.66. The van der Waals surface area contributed by atoms with Gasteiger partial charge in [-0.2, -0.15) is 0 Å². The molecular formula is C11H16NaS. The molecule has 0 spiro atoms. The standard InChI is InChI=1S/C11H16S.Na/c1-8-7-9(11(2,3)4)5-6-10(8)12;/h5-7,12H,1-4H3;. The van der Waals surface area contributed by atoms with Crippen LogP contribution in [0.5, 0.6) is 0 Å². The molecule has 0 fully saturated rings. The molecule has 1 rings (SSSR count). The Bertz CT molecular complexity index is 287. The van der Waals surface area contributed by atoms with Crippen LogP contribution >= 0.6 is 12.6 Å². The van der Waals surface area contributed by atoms with Gasteiger partial charge >= 0.3 is 0 Å². The van der Waals surface area contributed by atoms with E-state index in [1.54, 1.807) is 0 Å². The van der Waals surface area contributed by atoms with Crippen molar-refractivity contribution in [1.29, 1.82) is 0 Å². The summed E-state index contributed by atoms with van der Waals surface area (Å²) in [6, 6.07) is 6.43. The number of rotatable bonds is 0. The van der Waals surface area contributed by atoms with Gasteiger partial charge in [-0.1, -0.05) is 32.9 Å². The normalized spacial score (nSPS) is 10.8. The van der Waals surface area contributed by atoms with Crippen molar-refractivity contribution in [3.63, 3.8) is 0 Å². The SMILES string of the molecule is Cc1cc(C(C)(C)C)ccc1S.[Na]. The average Bonchev–Trinajstić information content (AvgIpc) is 1.92. The molecule has 0 aliphatic carbocycles. The van der Waals surface area contributed by atoms with Gasteiger partial charge in [-0.25, -0.2) is 0 Å². The Labute approximate surface area is 109 Å². The van der Waals surface area contributed by atoms with Crippen LogP contribution in [0.2, 0.25) is 0 Å². The van der Waals surface area contributed by atoms with Crippen LogP contribution < -0.4 is 0 Å². The van der Waals surface area contributed by atoms with Crippen molar-refractivity contribution in [1.82, 2.24) is 0 Å². The van der Waals surface area contributed by atoms with E-state index in [0.29, 0.717) is 0 Å². The fourth-order valence-corrected chi connectivity index (χ4v) is 1.26. The maximum absolute atomic E-state index is 4.34. The van der Waals surface area contributed by atoms with E-state index < -0.39 is 0 Å². The summed E-state index contributed by atoms with van der Waals surface area (Å²) >= 11 is 4.34. The molecule has 0 atom stereocenters. The maximum Gasteiger partial charge on any atom is 0.00694 e. The molecule has 13 heavy (non-hydrogen) atoms. The Hall–Kier alpha value is 0.570. The van der Waals surface area contributed by atoms with Crippen LogP contribution in [0.3, 0.4) is 0 Å². The smallest absolute Gasteiger partial charge is 0.00694 e. The zero-order valence-electron chi connectivity index (χ0n) is 9.18. The van der Waals surface area contributed by atoms with Crippen molar-refractivity contribution >= 4 is 42.2 Å². The Kier molecular flexibility index (Phi) is 5.09. The predicted octanol–water partition coefficient (Wildman–Crippen LogP) is 3.20. The molecule has 67 valence electrons. The fourth-order valence-electron chi connectivity index (χ4n) is 1.12. The van der Waals surface area contributed by atoms with Crippen LogP contribution in [0.1, 0.15) is 31.9 Å². The van der Waals surface area contributed by atoms with E-state index in [2.05, 4.69) is 58.5 Å². The minimum absolute atomic E-state index is 0. The zero-order chi connectivity index (χ0) is 9.35. The first kappa shape index (κ1) is 13.6. The van der Waals surface area contributed by atoms with Crippen molar-refractivity contribution in [2.75, 3.05) is 0 Å². The molecule has 0 saturated carbocycles. The summed E-state index contributed by atoms with van der Waals surface area (Å²) in [6.07, 6.45) is 0. The summed E-state index contributed by atoms with van der Waals surface area (Å²) in [4.78, 5) is 1.07. The van der Waals surface area contributed by atoms with Gasteiger partial charge in [0.1, 0.15) is 0 Å². The molecule has 1 radical (unpaired) electrons. The second-order valence-corrected chi connectivity index (χ2v) is 4.73. The van der Waals surface area contributed by atoms with Gasteiger partial charge in [-0.15, -0.1) is 12.6 Å². The quantitative estimate of drug-likeness (QED) is 0.486. The van der Waals surface area contributed by atoms with Gasteiger partial charge in [-0.05, 0) is 29.5 Å². The summed E-state index contributed by atoms with van der Waals surface area (Å²) < 4.78 is 0. The molecule has 0 saturated heterocycles. The van der Waals surface area contributed by atoms with Gasteiger partial charge in [0.2, 0.25) is 0 Å². The number of hydrogen-bond acceptors (Lipinski definition) is 1. The third-order valence-electron chi connectivity index (χ3n) is 2.06. The molecule has 0 heterocycles. The van der Waals surface area contributed by atoms with Gasteiger partial charge in [0.05, 0.1) is 0 Å². The summed E-state index contributed by atoms with van der Waals surface area (Å²) in [7, 11) is 0. The molecule has 0 amide bonds. The molecule has 1 aromatic rings. The van der Waals surface area contributed by atoms with Crippen molar-refractivity contribution in [2.24, 2.45) is 0 Å². The molecule has 0 aliphatic heterocycles. The monoisotopic (exact) mass is 203 g/mol. The van der Waals surface area contributed by atoms with Crippen molar-refractivity contribution in [3.05, 3.63) is 29.3 Å². The van der Waals surface area contributed by atoms with Crippen molar-refractivity contribution in [3.8, 4) is 0 Å². The Morgan fingerprint density at radius 3 is 2.08 bits per heavy atom. The molecule has 2 heteroatoms. The van der Waals surface area contributed by atoms with E-state index in [0.717, 1.165) is 4.90 Å². The molecule has 0 nitrogen and oxygen atoms in total. The minimum atomic E-state index is 0. The Morgan fingerprint density at radius 2 is 1.69 bits per heavy atom. The number of hydrogen-bond donors (Lipinski definition) is 1. The molecular weight excluding hydrogens is 187 g/mol. The molecule has 0 N–H and O–H groups in total. The van der Waals surface area contributed by atoms with E-state index in [9.17, 15) is 0 Å². The van der Waals surface area contributed by atoms with Crippen LogP contribution in [-0.4, -0.2) is 29.6 Å². The molecule has 1 aromatic carbocycles. The van der Waals surface area contributed by atoms with Gasteiger partial charge in [0.25, 0.3) is 0 Å². The van der Waals surface area contributed by atoms with E-state index in [1.165, 1.54) is 11.1 Å². The zero-order valence-corrected chi connectivity index (χ0v) is 12.1. The largest absolute Gasteiger partial charge is 0.143 e. The molecule has 0 aliphatic rings. The Balaban J connectivity index is 0.00000144. The van der Waals surface area contributed by atoms with E-state index in [1.807, 2.05) is 0 Å². The fraction of sp³-hybridized carbons (Fsp3) is 0.455. The number of benzene rings is 1. The average molecular weight is 203 g/mol. The van der Waals surface area contributed by atoms with Crippen LogP contribution in [0.15, 0.2) is 23.1 Å². The summed E-state index contributed by atoms with van der Waals surface area (Å²) in [5.74, 6) is 0. The summed E-state index contributed by atoms with van der Waals surface area (Å²) in [6.45, 7) is 8.76. The van der Waals surface area contributed by atoms with Gasteiger partial charge < -0.3 is 0 Å². The van der Waals surface area contributed by atoms with Crippen molar-refractivity contribution < 1.29 is 0 Å². The van der Waals surface area contributed by atoms with Crippen LogP contribution in [0.4, 0.5) is 0 Å². The van der Waals surface area contributed by atoms with Gasteiger partial charge in [0, 0.05) is 34.5 Å². The third-order valence-corrected chi connectivity index (χ3v) is 2.56. The number of thiol groups is 1. The van der Waals surface area contributed by atoms with Crippen molar-refractivity contribution in [2.45, 2.75) is 38.0 Å². The Morgan fingerprint density at radius 1 is 1.15 bits per heavy atom. The molecule has 0 bridgehead atoms. The predicted molar refractivity (Wildman–Crippen MR) is 62.9 cm³/mol. The third kappa shape index (κ3) is 3.67. The van der Waals surface area contributed by atoms with E-state index >= 15 is 0 Å². The second-order valence-electron chi connectivity index (χ2n) is 4.25. The topological polar surface area (TPSA) is 0 Å². The molecule has 0 unspecified atom stereocenters. The first-order chi connectivity index (χ1) is 5.41. The van der Waals surface area contributed by atoms with E-state index in [4.69, 9.17) is 0 Å². The molecule has 0 aromatic heterocycles. The minimum Gasteiger partial charge on any atom is -0.143 e. The van der Waals surface area contributed by atoms with Gasteiger partial charge in [-0.3, -0.25) is 0 Å². The van der Waals surface area contributed by atoms with Gasteiger partial charge in [0.15, 0.2) is 0 Å². The van der Waals surface area contributed by atoms with Crippen LogP contribution in [0, 0.1) is 6.92 Å². The first-order valence-electron chi connectivity index (χ1n) is 4.21. The summed E-state index contributed by atoms with van der Waals surface area (Å²) in [5.41, 5.74) is 2.87. The maximum atomic E-state index is 4.34. The van der Waals surface area contributed by atoms with E-state index in [-0.39, 0.29) is 35.0 Å². The van der Waals surface area contributed by atoms with Crippen LogP contribution in [-0.2, 0) is 5.41 Å².